The zero-order valence-corrected chi connectivity index (χ0v) is 28.1. The molecule has 0 aliphatic heterocycles. The molecule has 16 heteroatoms. The molecule has 5 aromatic rings. The van der Waals surface area contributed by atoms with Gasteiger partial charge in [0, 0.05) is 45.7 Å². The van der Waals surface area contributed by atoms with Crippen molar-refractivity contribution in [2.75, 3.05) is 41.3 Å². The molecule has 0 aliphatic carbocycles. The summed E-state index contributed by atoms with van der Waals surface area (Å²) in [4.78, 5) is 33.2. The number of nitrogens with one attached hydrogen (secondary N) is 1. The van der Waals surface area contributed by atoms with Crippen molar-refractivity contribution in [1.29, 1.82) is 0 Å². The Balaban J connectivity index is 0.000000218. The number of nitrogen functional groups attached to an aromatic ring is 2. The van der Waals surface area contributed by atoms with E-state index in [0.717, 1.165) is 25.3 Å². The molecule has 0 radical (unpaired) electrons. The molecule has 5 rings (SSSR count). The van der Waals surface area contributed by atoms with Crippen LogP contribution in [-0.2, 0) is 4.79 Å². The number of aliphatic hydroxyl groups excluding tert-OH is 2. The topological polar surface area (TPSA) is 180 Å². The second-order valence-electron chi connectivity index (χ2n) is 9.41. The minimum Gasteiger partial charge on any atom is -0.395 e. The van der Waals surface area contributed by atoms with E-state index in [0.29, 0.717) is 21.7 Å². The maximum Gasteiger partial charge on any atom is 0.235 e. The smallest absolute Gasteiger partial charge is 0.235 e. The van der Waals surface area contributed by atoms with Crippen LogP contribution in [-0.4, -0.2) is 55.9 Å². The molecule has 0 unspecified atom stereocenters. The Hall–Kier alpha value is -4.31. The number of amides is 1. The number of hydrogen-bond donors (Lipinski definition) is 5. The molecule has 244 valence electrons. The van der Waals surface area contributed by atoms with Crippen molar-refractivity contribution in [3.8, 4) is 0 Å². The summed E-state index contributed by atoms with van der Waals surface area (Å²) in [5.74, 6) is 0.972. The molecular formula is C31H31Cl2N9O3S2. The fraction of sp³-hybridized carbons (Fsp3) is 0.129. The van der Waals surface area contributed by atoms with Crippen LogP contribution in [0.3, 0.4) is 0 Å². The molecule has 0 atom stereocenters. The van der Waals surface area contributed by atoms with Gasteiger partial charge in [-0.2, -0.15) is 9.97 Å². The van der Waals surface area contributed by atoms with Crippen LogP contribution in [0, 0.1) is 0 Å². The third-order valence-corrected chi connectivity index (χ3v) is 8.46. The highest BCUT2D eigenvalue weighted by atomic mass is 35.5. The normalized spacial score (nSPS) is 10.5. The number of halogens is 2. The van der Waals surface area contributed by atoms with E-state index in [1.807, 2.05) is 66.7 Å². The highest BCUT2D eigenvalue weighted by molar-refractivity contribution is 7.99. The first-order chi connectivity index (χ1) is 22.7. The lowest BCUT2D eigenvalue weighted by Crippen LogP contribution is -2.38. The van der Waals surface area contributed by atoms with Crippen molar-refractivity contribution >= 4 is 81.9 Å². The molecule has 12 nitrogen and oxygen atoms in total. The molecule has 2 heterocycles. The molecule has 47 heavy (non-hydrogen) atoms. The third kappa shape index (κ3) is 10.6. The van der Waals surface area contributed by atoms with Gasteiger partial charge in [0.25, 0.3) is 0 Å². The number of rotatable bonds is 11. The number of para-hydroxylation sites is 1. The molecule has 0 aliphatic rings. The Morgan fingerprint density at radius 2 is 1.28 bits per heavy atom. The number of hydrogen-bond acceptors (Lipinski definition) is 13. The number of carbonyl (C=O) groups is 1. The Bertz CT molecular complexity index is 1760. The Labute approximate surface area is 290 Å². The zero-order chi connectivity index (χ0) is 33.8. The summed E-state index contributed by atoms with van der Waals surface area (Å²) in [6.45, 7) is 1.31. The summed E-state index contributed by atoms with van der Waals surface area (Å²) in [6.07, 6.45) is 3.23. The number of carbonyl (C=O) groups excluding carboxylic acids is 1. The predicted octanol–water partition coefficient (Wildman–Crippen LogP) is 5.66. The standard InChI is InChI=1S/C18H16ClN5OS.C13H15ClN4O2S/c1-12(25)23-24(14-5-3-2-4-6-14)17-16(11-21-18(20)22-17)26-15-9-7-13(19)8-10-15;14-9-1-3-10(4-2-9)21-11-7-16-13(15)17-12(11)18(8-20)5-6-19/h2-11H,1H3,(H,23,25)(H2,20,21,22);1-4,7,19-20H,5-6,8H2,(H2,15,16,17). The molecule has 7 N–H and O–H groups in total. The minimum absolute atomic E-state index is 0.102. The minimum atomic E-state index is -0.273. The van der Waals surface area contributed by atoms with E-state index in [1.54, 1.807) is 29.5 Å². The number of hydrazine groups is 1. The number of benzene rings is 3. The number of nitrogens with zero attached hydrogens (tertiary/aromatic N) is 6. The van der Waals surface area contributed by atoms with Crippen molar-refractivity contribution < 1.29 is 15.0 Å². The molecule has 0 spiro atoms. The summed E-state index contributed by atoms with van der Waals surface area (Å²) >= 11 is 14.7. The number of nitrogens with two attached hydrogens (primary N) is 2. The van der Waals surface area contributed by atoms with Gasteiger partial charge in [-0.15, -0.1) is 0 Å². The molecular weight excluding hydrogens is 681 g/mol. The van der Waals surface area contributed by atoms with Crippen LogP contribution >= 0.6 is 46.7 Å². The van der Waals surface area contributed by atoms with Crippen LogP contribution in [0.4, 0.5) is 29.2 Å². The maximum absolute atomic E-state index is 11.7. The van der Waals surface area contributed by atoms with E-state index < -0.39 is 0 Å². The summed E-state index contributed by atoms with van der Waals surface area (Å²) < 4.78 is 0. The fourth-order valence-electron chi connectivity index (χ4n) is 3.88. The molecule has 0 fully saturated rings. The van der Waals surface area contributed by atoms with Crippen molar-refractivity contribution in [3.05, 3.63) is 101 Å². The van der Waals surface area contributed by atoms with Gasteiger partial charge in [0.15, 0.2) is 5.82 Å². The Morgan fingerprint density at radius 3 is 1.74 bits per heavy atom. The molecule has 0 bridgehead atoms. The summed E-state index contributed by atoms with van der Waals surface area (Å²) in [5.41, 5.74) is 14.9. The highest BCUT2D eigenvalue weighted by Crippen LogP contribution is 2.37. The van der Waals surface area contributed by atoms with Crippen LogP contribution in [0.15, 0.2) is 111 Å². The lowest BCUT2D eigenvalue weighted by Gasteiger charge is -2.25. The van der Waals surface area contributed by atoms with Crippen molar-refractivity contribution in [1.82, 2.24) is 25.4 Å². The molecule has 0 saturated carbocycles. The average Bonchev–Trinajstić information content (AvgIpc) is 3.07. The lowest BCUT2D eigenvalue weighted by molar-refractivity contribution is -0.118. The lowest BCUT2D eigenvalue weighted by atomic mass is 10.3. The number of anilines is 5. The second-order valence-corrected chi connectivity index (χ2v) is 12.5. The van der Waals surface area contributed by atoms with Crippen molar-refractivity contribution in [2.45, 2.75) is 26.5 Å². The van der Waals surface area contributed by atoms with Gasteiger partial charge in [-0.25, -0.2) is 15.0 Å². The van der Waals surface area contributed by atoms with Gasteiger partial charge in [-0.05, 0) is 60.7 Å². The van der Waals surface area contributed by atoms with Gasteiger partial charge in [-0.1, -0.05) is 64.9 Å². The molecule has 3 aromatic carbocycles. The highest BCUT2D eigenvalue weighted by Gasteiger charge is 2.19. The van der Waals surface area contributed by atoms with Crippen LogP contribution in [0.25, 0.3) is 0 Å². The first-order valence-corrected chi connectivity index (χ1v) is 16.3. The van der Waals surface area contributed by atoms with Crippen LogP contribution in [0.5, 0.6) is 0 Å². The largest absolute Gasteiger partial charge is 0.395 e. The van der Waals surface area contributed by atoms with Crippen LogP contribution in [0.1, 0.15) is 6.92 Å². The van der Waals surface area contributed by atoms with E-state index in [9.17, 15) is 9.90 Å². The quantitative estimate of drug-likeness (QED) is 0.0837. The van der Waals surface area contributed by atoms with Crippen molar-refractivity contribution in [2.24, 2.45) is 0 Å². The first-order valence-electron chi connectivity index (χ1n) is 13.9. The van der Waals surface area contributed by atoms with Crippen molar-refractivity contribution in [3.63, 3.8) is 0 Å². The summed E-state index contributed by atoms with van der Waals surface area (Å²) in [6, 6.07) is 24.1. The van der Waals surface area contributed by atoms with E-state index in [-0.39, 0.29) is 37.7 Å². The number of aliphatic hydroxyl groups is 2. The molecule has 0 saturated heterocycles. The molecule has 2 aromatic heterocycles. The first kappa shape index (κ1) is 35.5. The van der Waals surface area contributed by atoms with Crippen LogP contribution in [0.2, 0.25) is 10.0 Å². The van der Waals surface area contributed by atoms with E-state index in [4.69, 9.17) is 39.8 Å². The average molecular weight is 713 g/mol. The van der Waals surface area contributed by atoms with Gasteiger partial charge in [-0.3, -0.25) is 10.2 Å². The van der Waals surface area contributed by atoms with Gasteiger partial charge < -0.3 is 26.6 Å². The van der Waals surface area contributed by atoms with Gasteiger partial charge >= 0.3 is 0 Å². The second kappa shape index (κ2) is 17.6. The predicted molar refractivity (Wildman–Crippen MR) is 188 cm³/mol. The van der Waals surface area contributed by atoms with E-state index in [1.165, 1.54) is 35.3 Å². The maximum atomic E-state index is 11.7. The van der Waals surface area contributed by atoms with E-state index in [2.05, 4.69) is 25.4 Å². The summed E-state index contributed by atoms with van der Waals surface area (Å²) in [5, 5.41) is 21.4. The third-order valence-electron chi connectivity index (χ3n) is 5.93. The van der Waals surface area contributed by atoms with Crippen LogP contribution < -0.4 is 26.8 Å². The number of aromatic nitrogens is 4. The summed E-state index contributed by atoms with van der Waals surface area (Å²) in [7, 11) is 0. The fourth-order valence-corrected chi connectivity index (χ4v) is 5.89. The SMILES string of the molecule is CC(=O)NN(c1ccccc1)c1nc(N)ncc1Sc1ccc(Cl)cc1.Nc1ncc(Sc2ccc(Cl)cc2)c(N(CO)CCO)n1. The monoisotopic (exact) mass is 711 g/mol. The van der Waals surface area contributed by atoms with Gasteiger partial charge in [0.05, 0.1) is 22.1 Å². The Morgan fingerprint density at radius 1 is 0.787 bits per heavy atom. The molecule has 1 amide bonds. The van der Waals surface area contributed by atoms with E-state index >= 15 is 0 Å². The van der Waals surface area contributed by atoms with Gasteiger partial charge in [0.2, 0.25) is 17.8 Å². The zero-order valence-electron chi connectivity index (χ0n) is 25.0. The van der Waals surface area contributed by atoms with Gasteiger partial charge in [0.1, 0.15) is 12.5 Å². The Kier molecular flexibility index (Phi) is 13.3.